The molecule has 0 saturated carbocycles. The van der Waals surface area contributed by atoms with Crippen molar-refractivity contribution in [3.8, 4) is 11.4 Å². The van der Waals surface area contributed by atoms with Crippen molar-refractivity contribution in [3.05, 3.63) is 89.5 Å². The van der Waals surface area contributed by atoms with Crippen molar-refractivity contribution in [1.29, 1.82) is 0 Å². The number of halogens is 2. The van der Waals surface area contributed by atoms with Crippen molar-refractivity contribution in [2.24, 2.45) is 0 Å². The minimum absolute atomic E-state index is 0.0937. The lowest BCUT2D eigenvalue weighted by molar-refractivity contribution is -0.113. The average molecular weight is 498 g/mol. The lowest BCUT2D eigenvalue weighted by atomic mass is 10.3. The van der Waals surface area contributed by atoms with E-state index in [1.165, 1.54) is 23.9 Å². The Labute approximate surface area is 205 Å². The Morgan fingerprint density at radius 3 is 2.50 bits per heavy atom. The van der Waals surface area contributed by atoms with Crippen LogP contribution in [0.3, 0.4) is 0 Å². The number of aromatic nitrogens is 3. The molecule has 0 bridgehead atoms. The van der Waals surface area contributed by atoms with Gasteiger partial charge in [0, 0.05) is 11.4 Å². The fourth-order valence-corrected chi connectivity index (χ4v) is 4.08. The number of amides is 1. The standard InChI is InChI=1S/C24H21ClFN5O2S/c1-33-19-12-8-17(9-13-19)27-14-22-29-30-24(31(22)18-10-6-16(26)7-11-18)34-15-23(32)28-21-5-3-2-4-20(21)25/h2-13,27H,14-15H2,1H3,(H,28,32). The third-order valence-corrected chi connectivity index (χ3v) is 6.06. The van der Waals surface area contributed by atoms with Crippen LogP contribution in [0.15, 0.2) is 78.0 Å². The minimum atomic E-state index is -0.344. The Kier molecular flexibility index (Phi) is 7.66. The van der Waals surface area contributed by atoms with Gasteiger partial charge in [0.1, 0.15) is 11.6 Å². The number of rotatable bonds is 9. The maximum atomic E-state index is 13.5. The highest BCUT2D eigenvalue weighted by Gasteiger charge is 2.16. The van der Waals surface area contributed by atoms with E-state index in [1.54, 1.807) is 48.1 Å². The molecule has 1 aromatic heterocycles. The summed E-state index contributed by atoms with van der Waals surface area (Å²) in [5.41, 5.74) is 2.11. The number of nitrogens with zero attached hydrogens (tertiary/aromatic N) is 3. The van der Waals surface area contributed by atoms with Gasteiger partial charge in [0.25, 0.3) is 0 Å². The second kappa shape index (κ2) is 11.0. The zero-order chi connectivity index (χ0) is 23.9. The first-order valence-corrected chi connectivity index (χ1v) is 11.6. The van der Waals surface area contributed by atoms with Crippen LogP contribution in [0.2, 0.25) is 5.02 Å². The summed E-state index contributed by atoms with van der Waals surface area (Å²) in [5.74, 6) is 0.883. The molecule has 0 unspecified atom stereocenters. The van der Waals surface area contributed by atoms with Gasteiger partial charge in [0.2, 0.25) is 5.91 Å². The molecule has 0 spiro atoms. The first-order chi connectivity index (χ1) is 16.5. The van der Waals surface area contributed by atoms with Gasteiger partial charge in [-0.15, -0.1) is 10.2 Å². The molecule has 3 aromatic carbocycles. The van der Waals surface area contributed by atoms with Crippen LogP contribution < -0.4 is 15.4 Å². The van der Waals surface area contributed by atoms with E-state index in [2.05, 4.69) is 20.8 Å². The minimum Gasteiger partial charge on any atom is -0.497 e. The SMILES string of the molecule is COc1ccc(NCc2nnc(SCC(=O)Nc3ccccc3Cl)n2-c2ccc(F)cc2)cc1. The van der Waals surface area contributed by atoms with Crippen LogP contribution in [-0.2, 0) is 11.3 Å². The third-order valence-electron chi connectivity index (χ3n) is 4.81. The summed E-state index contributed by atoms with van der Waals surface area (Å²) < 4.78 is 20.5. The Morgan fingerprint density at radius 1 is 1.06 bits per heavy atom. The molecule has 1 amide bonds. The maximum absolute atomic E-state index is 13.5. The van der Waals surface area contributed by atoms with Gasteiger partial charge < -0.3 is 15.4 Å². The van der Waals surface area contributed by atoms with E-state index in [4.69, 9.17) is 16.3 Å². The smallest absolute Gasteiger partial charge is 0.234 e. The number of nitrogens with one attached hydrogen (secondary N) is 2. The molecule has 0 aliphatic heterocycles. The molecule has 0 saturated heterocycles. The molecule has 174 valence electrons. The number of hydrogen-bond acceptors (Lipinski definition) is 6. The molecule has 0 fully saturated rings. The average Bonchev–Trinajstić information content (AvgIpc) is 3.26. The number of anilines is 2. The number of ether oxygens (including phenoxy) is 1. The molecular formula is C24H21ClFN5O2S. The highest BCUT2D eigenvalue weighted by Crippen LogP contribution is 2.25. The van der Waals surface area contributed by atoms with Crippen LogP contribution in [-0.4, -0.2) is 33.5 Å². The molecule has 4 aromatic rings. The van der Waals surface area contributed by atoms with Gasteiger partial charge in [-0.3, -0.25) is 9.36 Å². The van der Waals surface area contributed by atoms with Crippen molar-refractivity contribution in [1.82, 2.24) is 14.8 Å². The summed E-state index contributed by atoms with van der Waals surface area (Å²) >= 11 is 7.34. The zero-order valence-corrected chi connectivity index (χ0v) is 19.7. The van der Waals surface area contributed by atoms with E-state index in [9.17, 15) is 9.18 Å². The molecule has 0 aliphatic rings. The number of benzene rings is 3. The maximum Gasteiger partial charge on any atom is 0.234 e. The van der Waals surface area contributed by atoms with E-state index < -0.39 is 0 Å². The van der Waals surface area contributed by atoms with Gasteiger partial charge in [0.15, 0.2) is 11.0 Å². The molecular weight excluding hydrogens is 477 g/mol. The van der Waals surface area contributed by atoms with Crippen LogP contribution in [0, 0.1) is 5.82 Å². The summed E-state index contributed by atoms with van der Waals surface area (Å²) in [6.45, 7) is 0.364. The van der Waals surface area contributed by atoms with Crippen LogP contribution in [0.1, 0.15) is 5.82 Å². The van der Waals surface area contributed by atoms with Crippen molar-refractivity contribution < 1.29 is 13.9 Å². The lowest BCUT2D eigenvalue weighted by Gasteiger charge is -2.12. The van der Waals surface area contributed by atoms with Crippen molar-refractivity contribution in [3.63, 3.8) is 0 Å². The summed E-state index contributed by atoms with van der Waals surface area (Å²) in [4.78, 5) is 12.5. The van der Waals surface area contributed by atoms with Crippen LogP contribution >= 0.6 is 23.4 Å². The van der Waals surface area contributed by atoms with Gasteiger partial charge >= 0.3 is 0 Å². The number of carbonyl (C=O) groups is 1. The second-order valence-corrected chi connectivity index (χ2v) is 8.46. The van der Waals surface area contributed by atoms with Gasteiger partial charge in [-0.1, -0.05) is 35.5 Å². The van der Waals surface area contributed by atoms with E-state index in [0.717, 1.165) is 11.4 Å². The number of methoxy groups -OCH3 is 1. The Hall–Kier alpha value is -3.56. The number of thioether (sulfide) groups is 1. The van der Waals surface area contributed by atoms with Crippen molar-refractivity contribution in [2.45, 2.75) is 11.7 Å². The zero-order valence-electron chi connectivity index (χ0n) is 18.2. The first-order valence-electron chi connectivity index (χ1n) is 10.3. The van der Waals surface area contributed by atoms with Gasteiger partial charge in [-0.05, 0) is 60.7 Å². The lowest BCUT2D eigenvalue weighted by Crippen LogP contribution is -2.15. The van der Waals surface area contributed by atoms with Crippen LogP contribution in [0.4, 0.5) is 15.8 Å². The summed E-state index contributed by atoms with van der Waals surface area (Å²) in [5, 5.41) is 15.6. The largest absolute Gasteiger partial charge is 0.497 e. The van der Waals surface area contributed by atoms with Crippen molar-refractivity contribution >= 4 is 40.6 Å². The Morgan fingerprint density at radius 2 is 1.79 bits per heavy atom. The first kappa shape index (κ1) is 23.6. The fraction of sp³-hybridized carbons (Fsp3) is 0.125. The molecule has 7 nitrogen and oxygen atoms in total. The predicted molar refractivity (Wildman–Crippen MR) is 132 cm³/mol. The number of hydrogen-bond donors (Lipinski definition) is 2. The molecule has 4 rings (SSSR count). The Bertz CT molecular complexity index is 1270. The van der Waals surface area contributed by atoms with Crippen LogP contribution in [0.25, 0.3) is 5.69 Å². The van der Waals surface area contributed by atoms with Gasteiger partial charge in [-0.2, -0.15) is 0 Å². The molecule has 0 atom stereocenters. The Balaban J connectivity index is 1.50. The topological polar surface area (TPSA) is 81.1 Å². The quantitative estimate of drug-likeness (QED) is 0.301. The molecule has 34 heavy (non-hydrogen) atoms. The monoisotopic (exact) mass is 497 g/mol. The molecule has 10 heteroatoms. The highest BCUT2D eigenvalue weighted by molar-refractivity contribution is 7.99. The number of para-hydroxylation sites is 1. The molecule has 0 aliphatic carbocycles. The van der Waals surface area contributed by atoms with Crippen molar-refractivity contribution in [2.75, 3.05) is 23.5 Å². The van der Waals surface area contributed by atoms with E-state index in [-0.39, 0.29) is 17.5 Å². The normalized spacial score (nSPS) is 10.7. The van der Waals surface area contributed by atoms with Crippen LogP contribution in [0.5, 0.6) is 5.75 Å². The third kappa shape index (κ3) is 5.86. The molecule has 2 N–H and O–H groups in total. The van der Waals surface area contributed by atoms with E-state index >= 15 is 0 Å². The second-order valence-electron chi connectivity index (χ2n) is 7.11. The fourth-order valence-electron chi connectivity index (χ4n) is 3.13. The molecule has 0 radical (unpaired) electrons. The van der Waals surface area contributed by atoms with Gasteiger partial charge in [-0.25, -0.2) is 4.39 Å². The summed E-state index contributed by atoms with van der Waals surface area (Å²) in [7, 11) is 1.61. The summed E-state index contributed by atoms with van der Waals surface area (Å²) in [6, 6.07) is 20.5. The van der Waals surface area contributed by atoms with E-state index in [1.807, 2.05) is 24.3 Å². The number of carbonyl (C=O) groups excluding carboxylic acids is 1. The van der Waals surface area contributed by atoms with Gasteiger partial charge in [0.05, 0.1) is 30.1 Å². The predicted octanol–water partition coefficient (Wildman–Crippen LogP) is 5.41. The van der Waals surface area contributed by atoms with E-state index in [0.29, 0.717) is 33.9 Å². The summed E-state index contributed by atoms with van der Waals surface area (Å²) in [6.07, 6.45) is 0. The highest BCUT2D eigenvalue weighted by atomic mass is 35.5. The molecule has 1 heterocycles.